The Morgan fingerprint density at radius 3 is 1.50 bits per heavy atom. The molecule has 82 valence electrons. The Labute approximate surface area is 89.5 Å². The Morgan fingerprint density at radius 1 is 0.875 bits per heavy atom. The van der Waals surface area contributed by atoms with Crippen LogP contribution in [0.1, 0.15) is 20.7 Å². The van der Waals surface area contributed by atoms with E-state index in [0.717, 1.165) is 0 Å². The van der Waals surface area contributed by atoms with Gasteiger partial charge >= 0.3 is 11.9 Å². The first-order valence-corrected chi connectivity index (χ1v) is 4.41. The SMILES string of the molecule is O=C(O)c1c[nH]c(-c2cc(C(=O)O)c[nH]2)c1. The highest BCUT2D eigenvalue weighted by molar-refractivity contribution is 5.91. The van der Waals surface area contributed by atoms with Crippen LogP contribution >= 0.6 is 0 Å². The summed E-state index contributed by atoms with van der Waals surface area (Å²) in [4.78, 5) is 26.8. The van der Waals surface area contributed by atoms with Gasteiger partial charge in [-0.2, -0.15) is 0 Å². The number of rotatable bonds is 3. The minimum absolute atomic E-state index is 0.126. The van der Waals surface area contributed by atoms with Crippen molar-refractivity contribution in [1.29, 1.82) is 0 Å². The fourth-order valence-corrected chi connectivity index (χ4v) is 1.35. The third kappa shape index (κ3) is 1.68. The quantitative estimate of drug-likeness (QED) is 0.627. The van der Waals surface area contributed by atoms with Crippen molar-refractivity contribution in [1.82, 2.24) is 9.97 Å². The molecular formula is C10H8N2O4. The van der Waals surface area contributed by atoms with Gasteiger partial charge in [0, 0.05) is 12.4 Å². The van der Waals surface area contributed by atoms with E-state index < -0.39 is 11.9 Å². The van der Waals surface area contributed by atoms with Crippen molar-refractivity contribution in [3.05, 3.63) is 35.7 Å². The van der Waals surface area contributed by atoms with Gasteiger partial charge < -0.3 is 20.2 Å². The Balaban J connectivity index is 2.35. The molecule has 0 spiro atoms. The van der Waals surface area contributed by atoms with Crippen LogP contribution in [0, 0.1) is 0 Å². The van der Waals surface area contributed by atoms with Crippen LogP contribution in [-0.2, 0) is 0 Å². The Bertz CT molecular complexity index is 502. The number of aromatic amines is 2. The minimum Gasteiger partial charge on any atom is -0.478 e. The summed E-state index contributed by atoms with van der Waals surface area (Å²) < 4.78 is 0. The largest absolute Gasteiger partial charge is 0.478 e. The lowest BCUT2D eigenvalue weighted by Gasteiger charge is -1.89. The number of aromatic carboxylic acids is 2. The Morgan fingerprint density at radius 2 is 1.25 bits per heavy atom. The molecule has 0 aliphatic heterocycles. The molecule has 0 aliphatic rings. The zero-order valence-electron chi connectivity index (χ0n) is 8.02. The van der Waals surface area contributed by atoms with Gasteiger partial charge in [0.1, 0.15) is 0 Å². The van der Waals surface area contributed by atoms with Crippen LogP contribution in [0.2, 0.25) is 0 Å². The fourth-order valence-electron chi connectivity index (χ4n) is 1.35. The first-order valence-electron chi connectivity index (χ1n) is 4.41. The molecule has 2 aromatic rings. The molecule has 0 aliphatic carbocycles. The average Bonchev–Trinajstić information content (AvgIpc) is 2.86. The van der Waals surface area contributed by atoms with E-state index in [1.807, 2.05) is 0 Å². The highest BCUT2D eigenvalue weighted by Gasteiger charge is 2.11. The van der Waals surface area contributed by atoms with Gasteiger partial charge in [-0.1, -0.05) is 0 Å². The maximum atomic E-state index is 10.6. The summed E-state index contributed by atoms with van der Waals surface area (Å²) in [7, 11) is 0. The van der Waals surface area contributed by atoms with Crippen LogP contribution in [-0.4, -0.2) is 32.1 Å². The molecule has 0 saturated carbocycles. The molecule has 0 radical (unpaired) electrons. The molecule has 0 fully saturated rings. The van der Waals surface area contributed by atoms with Gasteiger partial charge in [-0.25, -0.2) is 9.59 Å². The normalized spacial score (nSPS) is 10.2. The fraction of sp³-hybridized carbons (Fsp3) is 0. The summed E-state index contributed by atoms with van der Waals surface area (Å²) in [6.07, 6.45) is 2.69. The van der Waals surface area contributed by atoms with Gasteiger partial charge in [0.15, 0.2) is 0 Å². The predicted octanol–water partition coefficient (Wildman–Crippen LogP) is 1.41. The molecule has 0 aromatic carbocycles. The van der Waals surface area contributed by atoms with Crippen molar-refractivity contribution in [2.45, 2.75) is 0 Å². The van der Waals surface area contributed by atoms with E-state index in [1.165, 1.54) is 24.5 Å². The third-order valence-corrected chi connectivity index (χ3v) is 2.15. The number of hydrogen-bond acceptors (Lipinski definition) is 2. The third-order valence-electron chi connectivity index (χ3n) is 2.15. The van der Waals surface area contributed by atoms with Gasteiger partial charge in [0.25, 0.3) is 0 Å². The predicted molar refractivity (Wildman–Crippen MR) is 54.5 cm³/mol. The first-order chi connectivity index (χ1) is 7.58. The van der Waals surface area contributed by atoms with E-state index in [1.54, 1.807) is 0 Å². The van der Waals surface area contributed by atoms with Gasteiger partial charge in [-0.05, 0) is 12.1 Å². The molecule has 2 aromatic heterocycles. The molecule has 4 N–H and O–H groups in total. The molecule has 0 atom stereocenters. The maximum absolute atomic E-state index is 10.6. The van der Waals surface area contributed by atoms with Gasteiger partial charge in [-0.3, -0.25) is 0 Å². The van der Waals surface area contributed by atoms with Crippen molar-refractivity contribution in [2.24, 2.45) is 0 Å². The number of nitrogens with one attached hydrogen (secondary N) is 2. The van der Waals surface area contributed by atoms with Gasteiger partial charge in [-0.15, -0.1) is 0 Å². The van der Waals surface area contributed by atoms with Crippen LogP contribution in [0.4, 0.5) is 0 Å². The number of carboxylic acid groups (broad SMARTS) is 2. The van der Waals surface area contributed by atoms with Crippen molar-refractivity contribution in [3.63, 3.8) is 0 Å². The summed E-state index contributed by atoms with van der Waals surface area (Å²) in [5.74, 6) is -2.07. The summed E-state index contributed by atoms with van der Waals surface area (Å²) in [6, 6.07) is 2.86. The average molecular weight is 220 g/mol. The lowest BCUT2D eigenvalue weighted by atomic mass is 10.2. The smallest absolute Gasteiger partial charge is 0.337 e. The van der Waals surface area contributed by atoms with Crippen molar-refractivity contribution >= 4 is 11.9 Å². The second kappa shape index (κ2) is 3.58. The lowest BCUT2D eigenvalue weighted by Crippen LogP contribution is -1.91. The Hall–Kier alpha value is -2.50. The van der Waals surface area contributed by atoms with E-state index in [4.69, 9.17) is 10.2 Å². The molecule has 0 unspecified atom stereocenters. The van der Waals surface area contributed by atoms with Crippen molar-refractivity contribution < 1.29 is 19.8 Å². The Kier molecular flexibility index (Phi) is 2.24. The zero-order chi connectivity index (χ0) is 11.7. The maximum Gasteiger partial charge on any atom is 0.337 e. The summed E-state index contributed by atoms with van der Waals surface area (Å²) in [6.45, 7) is 0. The molecule has 0 saturated heterocycles. The summed E-state index contributed by atoms with van der Waals surface area (Å²) in [5, 5.41) is 17.4. The topological polar surface area (TPSA) is 106 Å². The van der Waals surface area contributed by atoms with Crippen LogP contribution in [0.15, 0.2) is 24.5 Å². The van der Waals surface area contributed by atoms with Crippen LogP contribution in [0.5, 0.6) is 0 Å². The lowest BCUT2D eigenvalue weighted by molar-refractivity contribution is 0.0686. The van der Waals surface area contributed by atoms with E-state index in [9.17, 15) is 9.59 Å². The molecule has 6 nitrogen and oxygen atoms in total. The molecule has 6 heteroatoms. The second-order valence-corrected chi connectivity index (χ2v) is 3.21. The number of H-pyrrole nitrogens is 2. The molecule has 16 heavy (non-hydrogen) atoms. The van der Waals surface area contributed by atoms with E-state index in [0.29, 0.717) is 11.4 Å². The van der Waals surface area contributed by atoms with Gasteiger partial charge in [0.05, 0.1) is 22.5 Å². The highest BCUT2D eigenvalue weighted by atomic mass is 16.4. The van der Waals surface area contributed by atoms with E-state index in [2.05, 4.69) is 9.97 Å². The van der Waals surface area contributed by atoms with Crippen molar-refractivity contribution in [3.8, 4) is 11.4 Å². The monoisotopic (exact) mass is 220 g/mol. The molecule has 0 bridgehead atoms. The van der Waals surface area contributed by atoms with Crippen LogP contribution < -0.4 is 0 Å². The molecule has 0 amide bonds. The first kappa shape index (κ1) is 10.0. The van der Waals surface area contributed by atoms with E-state index in [-0.39, 0.29) is 11.1 Å². The molecule has 2 heterocycles. The minimum atomic E-state index is -1.03. The summed E-state index contributed by atoms with van der Waals surface area (Å²) >= 11 is 0. The number of hydrogen-bond donors (Lipinski definition) is 4. The number of aromatic nitrogens is 2. The number of carbonyl (C=O) groups is 2. The van der Waals surface area contributed by atoms with Gasteiger partial charge in [0.2, 0.25) is 0 Å². The standard InChI is InChI=1S/C10H8N2O4/c13-9(14)5-1-7(11-3-5)8-2-6(4-12-8)10(15)16/h1-4,11-12H,(H,13,14)(H,15,16). The molecule has 2 rings (SSSR count). The van der Waals surface area contributed by atoms with E-state index >= 15 is 0 Å². The highest BCUT2D eigenvalue weighted by Crippen LogP contribution is 2.18. The second-order valence-electron chi connectivity index (χ2n) is 3.21. The zero-order valence-corrected chi connectivity index (χ0v) is 8.02. The molecular weight excluding hydrogens is 212 g/mol. The van der Waals surface area contributed by atoms with Crippen LogP contribution in [0.3, 0.4) is 0 Å². The number of carboxylic acids is 2. The van der Waals surface area contributed by atoms with Crippen molar-refractivity contribution in [2.75, 3.05) is 0 Å². The van der Waals surface area contributed by atoms with Crippen LogP contribution in [0.25, 0.3) is 11.4 Å². The summed E-state index contributed by atoms with van der Waals surface area (Å²) in [5.41, 5.74) is 1.32.